The molecule has 0 radical (unpaired) electrons. The molecular formula is C13H17N. The van der Waals surface area contributed by atoms with Gasteiger partial charge in [0.2, 0.25) is 0 Å². The zero-order valence-corrected chi connectivity index (χ0v) is 9.09. The summed E-state index contributed by atoms with van der Waals surface area (Å²) in [7, 11) is 0. The Morgan fingerprint density at radius 3 is 2.57 bits per heavy atom. The quantitative estimate of drug-likeness (QED) is 0.707. The van der Waals surface area contributed by atoms with Crippen LogP contribution in [0.15, 0.2) is 36.4 Å². The minimum atomic E-state index is 0.790. The van der Waals surface area contributed by atoms with E-state index >= 15 is 0 Å². The summed E-state index contributed by atoms with van der Waals surface area (Å²) in [5.41, 5.74) is 11.3. The molecule has 0 saturated heterocycles. The predicted molar refractivity (Wildman–Crippen MR) is 62.9 cm³/mol. The molecule has 0 aliphatic rings. The largest absolute Gasteiger partial charge is 0.398 e. The summed E-state index contributed by atoms with van der Waals surface area (Å²) in [6.45, 7) is 9.94. The SMILES string of the molecule is C=C(C)/C=C(/N)c1cccc(C)c1C. The van der Waals surface area contributed by atoms with E-state index in [1.165, 1.54) is 11.1 Å². The smallest absolute Gasteiger partial charge is 0.0392 e. The lowest BCUT2D eigenvalue weighted by atomic mass is 10.0. The Balaban J connectivity index is 3.20. The average Bonchev–Trinajstić information content (AvgIpc) is 2.08. The van der Waals surface area contributed by atoms with Gasteiger partial charge in [0, 0.05) is 11.3 Å². The first kappa shape index (κ1) is 10.6. The van der Waals surface area contributed by atoms with E-state index in [4.69, 9.17) is 5.73 Å². The molecule has 0 atom stereocenters. The van der Waals surface area contributed by atoms with Crippen LogP contribution in [0.1, 0.15) is 23.6 Å². The van der Waals surface area contributed by atoms with Crippen molar-refractivity contribution < 1.29 is 0 Å². The van der Waals surface area contributed by atoms with Crippen LogP contribution in [0.3, 0.4) is 0 Å². The van der Waals surface area contributed by atoms with Gasteiger partial charge in [0.1, 0.15) is 0 Å². The lowest BCUT2D eigenvalue weighted by Gasteiger charge is -2.08. The number of hydrogen-bond acceptors (Lipinski definition) is 1. The lowest BCUT2D eigenvalue weighted by molar-refractivity contribution is 1.30. The minimum Gasteiger partial charge on any atom is -0.398 e. The molecule has 0 aliphatic carbocycles. The molecule has 0 bridgehead atoms. The number of rotatable bonds is 2. The minimum absolute atomic E-state index is 0.790. The van der Waals surface area contributed by atoms with Gasteiger partial charge in [0.05, 0.1) is 0 Å². The second-order valence-electron chi connectivity index (χ2n) is 3.69. The predicted octanol–water partition coefficient (Wildman–Crippen LogP) is 3.18. The van der Waals surface area contributed by atoms with Crippen LogP contribution in [0.5, 0.6) is 0 Å². The maximum Gasteiger partial charge on any atom is 0.0392 e. The highest BCUT2D eigenvalue weighted by Gasteiger charge is 2.02. The van der Waals surface area contributed by atoms with Gasteiger partial charge in [-0.05, 0) is 38.0 Å². The molecule has 14 heavy (non-hydrogen) atoms. The summed E-state index contributed by atoms with van der Waals surface area (Å²) in [6, 6.07) is 6.15. The van der Waals surface area contributed by atoms with E-state index in [-0.39, 0.29) is 0 Å². The van der Waals surface area contributed by atoms with Crippen LogP contribution in [0.25, 0.3) is 5.70 Å². The third-order valence-corrected chi connectivity index (χ3v) is 2.32. The number of aryl methyl sites for hydroxylation is 1. The zero-order valence-electron chi connectivity index (χ0n) is 9.09. The van der Waals surface area contributed by atoms with E-state index in [0.29, 0.717) is 0 Å². The Hall–Kier alpha value is -1.50. The highest BCUT2D eigenvalue weighted by molar-refractivity contribution is 5.68. The van der Waals surface area contributed by atoms with Crippen molar-refractivity contribution in [3.05, 3.63) is 53.1 Å². The molecule has 0 unspecified atom stereocenters. The van der Waals surface area contributed by atoms with Crippen molar-refractivity contribution in [2.24, 2.45) is 5.73 Å². The van der Waals surface area contributed by atoms with Crippen LogP contribution in [0.4, 0.5) is 0 Å². The molecule has 0 fully saturated rings. The van der Waals surface area contributed by atoms with Gasteiger partial charge in [-0.15, -0.1) is 0 Å². The standard InChI is InChI=1S/C13H17N/c1-9(2)8-13(14)12-7-5-6-10(3)11(12)4/h5-8H,1,14H2,2-4H3/b13-8+. The van der Waals surface area contributed by atoms with Crippen LogP contribution in [-0.2, 0) is 0 Å². The summed E-state index contributed by atoms with van der Waals surface area (Å²) in [5.74, 6) is 0. The third kappa shape index (κ3) is 2.25. The molecule has 0 spiro atoms. The van der Waals surface area contributed by atoms with Crippen LogP contribution < -0.4 is 5.73 Å². The van der Waals surface area contributed by atoms with E-state index < -0.39 is 0 Å². The molecular weight excluding hydrogens is 170 g/mol. The molecule has 74 valence electrons. The molecule has 0 heterocycles. The Kier molecular flexibility index (Phi) is 3.13. The number of benzene rings is 1. The van der Waals surface area contributed by atoms with Crippen LogP contribution in [-0.4, -0.2) is 0 Å². The number of allylic oxidation sites excluding steroid dienone is 2. The molecule has 2 N–H and O–H groups in total. The van der Waals surface area contributed by atoms with Crippen LogP contribution in [0.2, 0.25) is 0 Å². The van der Waals surface area contributed by atoms with Crippen LogP contribution in [0, 0.1) is 13.8 Å². The van der Waals surface area contributed by atoms with Gasteiger partial charge >= 0.3 is 0 Å². The highest BCUT2D eigenvalue weighted by atomic mass is 14.6. The second-order valence-corrected chi connectivity index (χ2v) is 3.69. The zero-order chi connectivity index (χ0) is 10.7. The first-order valence-corrected chi connectivity index (χ1v) is 4.71. The molecule has 1 aromatic rings. The van der Waals surface area contributed by atoms with Gasteiger partial charge < -0.3 is 5.73 Å². The molecule has 1 heteroatoms. The van der Waals surface area contributed by atoms with Crippen molar-refractivity contribution in [3.63, 3.8) is 0 Å². The molecule has 0 aromatic heterocycles. The first-order chi connectivity index (χ1) is 6.52. The first-order valence-electron chi connectivity index (χ1n) is 4.71. The summed E-state index contributed by atoms with van der Waals surface area (Å²) in [5, 5.41) is 0. The van der Waals surface area contributed by atoms with E-state index in [0.717, 1.165) is 16.8 Å². The fourth-order valence-electron chi connectivity index (χ4n) is 1.41. The Labute approximate surface area is 85.9 Å². The van der Waals surface area contributed by atoms with Gasteiger partial charge in [-0.2, -0.15) is 0 Å². The number of nitrogens with two attached hydrogens (primary N) is 1. The van der Waals surface area contributed by atoms with Crippen molar-refractivity contribution in [2.45, 2.75) is 20.8 Å². The number of hydrogen-bond donors (Lipinski definition) is 1. The summed E-state index contributed by atoms with van der Waals surface area (Å²) < 4.78 is 0. The van der Waals surface area contributed by atoms with Gasteiger partial charge in [0.25, 0.3) is 0 Å². The molecule has 1 nitrogen and oxygen atoms in total. The highest BCUT2D eigenvalue weighted by Crippen LogP contribution is 2.18. The van der Waals surface area contributed by atoms with Crippen molar-refractivity contribution >= 4 is 5.70 Å². The Bertz CT molecular complexity index is 386. The maximum atomic E-state index is 5.97. The molecule has 1 aromatic carbocycles. The molecule has 0 saturated carbocycles. The summed E-state index contributed by atoms with van der Waals surface area (Å²) >= 11 is 0. The molecule has 0 amide bonds. The van der Waals surface area contributed by atoms with Crippen LogP contribution >= 0.6 is 0 Å². The fourth-order valence-corrected chi connectivity index (χ4v) is 1.41. The Morgan fingerprint density at radius 2 is 2.00 bits per heavy atom. The third-order valence-electron chi connectivity index (χ3n) is 2.32. The lowest BCUT2D eigenvalue weighted by Crippen LogP contribution is -2.00. The molecule has 1 rings (SSSR count). The van der Waals surface area contributed by atoms with Crippen molar-refractivity contribution in [2.75, 3.05) is 0 Å². The average molecular weight is 187 g/mol. The van der Waals surface area contributed by atoms with Crippen molar-refractivity contribution in [1.29, 1.82) is 0 Å². The van der Waals surface area contributed by atoms with Gasteiger partial charge in [0.15, 0.2) is 0 Å². The maximum absolute atomic E-state index is 5.97. The fraction of sp³-hybridized carbons (Fsp3) is 0.231. The summed E-state index contributed by atoms with van der Waals surface area (Å²) in [4.78, 5) is 0. The second kappa shape index (κ2) is 4.14. The van der Waals surface area contributed by atoms with Crippen molar-refractivity contribution in [3.8, 4) is 0 Å². The normalized spacial score (nSPS) is 11.5. The van der Waals surface area contributed by atoms with Gasteiger partial charge in [-0.3, -0.25) is 0 Å². The van der Waals surface area contributed by atoms with Gasteiger partial charge in [-0.25, -0.2) is 0 Å². The topological polar surface area (TPSA) is 26.0 Å². The van der Waals surface area contributed by atoms with Crippen molar-refractivity contribution in [1.82, 2.24) is 0 Å². The Morgan fingerprint density at radius 1 is 1.36 bits per heavy atom. The van der Waals surface area contributed by atoms with Gasteiger partial charge in [-0.1, -0.05) is 30.4 Å². The van der Waals surface area contributed by atoms with E-state index in [2.05, 4.69) is 26.5 Å². The monoisotopic (exact) mass is 187 g/mol. The summed E-state index contributed by atoms with van der Waals surface area (Å²) in [6.07, 6.45) is 1.90. The van der Waals surface area contributed by atoms with E-state index in [1.54, 1.807) is 0 Å². The molecule has 0 aliphatic heterocycles. The van der Waals surface area contributed by atoms with E-state index in [1.807, 2.05) is 25.1 Å². The van der Waals surface area contributed by atoms with E-state index in [9.17, 15) is 0 Å².